The van der Waals surface area contributed by atoms with Crippen LogP contribution in [0.4, 0.5) is 24.5 Å². The quantitative estimate of drug-likeness (QED) is 0.354. The molecule has 4 rings (SSSR count). The molecule has 0 fully saturated rings. The summed E-state index contributed by atoms with van der Waals surface area (Å²) in [5.41, 5.74) is -2.04. The minimum Gasteiger partial charge on any atom is -0.309 e. The van der Waals surface area contributed by atoms with E-state index in [0.717, 1.165) is 23.1 Å². The number of carbonyl (C=O) groups is 3. The molecular weight excluding hydrogens is 475 g/mol. The number of nitrogens with zero attached hydrogens (tertiary/aromatic N) is 3. The average molecular weight is 493 g/mol. The third kappa shape index (κ3) is 3.91. The first-order chi connectivity index (χ1) is 15.9. The number of halogens is 3. The van der Waals surface area contributed by atoms with Crippen LogP contribution in [0.5, 0.6) is 0 Å². The molecule has 12 heteroatoms. The highest BCUT2D eigenvalue weighted by Gasteiger charge is 2.46. The molecule has 2 unspecified atom stereocenters. The van der Waals surface area contributed by atoms with Gasteiger partial charge in [-0.1, -0.05) is 13.0 Å². The Morgan fingerprint density at radius 3 is 2.56 bits per heavy atom. The lowest BCUT2D eigenvalue weighted by molar-refractivity contribution is -0.385. The molecule has 8 nitrogen and oxygen atoms in total. The Kier molecular flexibility index (Phi) is 5.88. The van der Waals surface area contributed by atoms with Crippen molar-refractivity contribution in [2.24, 2.45) is 0 Å². The number of alkyl halides is 3. The number of benzene rings is 2. The fourth-order valence-electron chi connectivity index (χ4n) is 4.07. The minimum absolute atomic E-state index is 0.00514. The van der Waals surface area contributed by atoms with Crippen LogP contribution in [0.25, 0.3) is 0 Å². The van der Waals surface area contributed by atoms with Gasteiger partial charge in [0.2, 0.25) is 5.91 Å². The van der Waals surface area contributed by atoms with E-state index in [4.69, 9.17) is 0 Å². The van der Waals surface area contributed by atoms with Crippen LogP contribution in [0.15, 0.2) is 41.3 Å². The summed E-state index contributed by atoms with van der Waals surface area (Å²) in [5, 5.41) is 11.3. The molecule has 2 atom stereocenters. The second-order valence-electron chi connectivity index (χ2n) is 8.00. The molecule has 34 heavy (non-hydrogen) atoms. The Balaban J connectivity index is 1.72. The zero-order valence-corrected chi connectivity index (χ0v) is 18.8. The van der Waals surface area contributed by atoms with Crippen molar-refractivity contribution in [3.05, 3.63) is 63.2 Å². The van der Waals surface area contributed by atoms with Crippen LogP contribution in [-0.2, 0) is 11.0 Å². The second-order valence-corrected chi connectivity index (χ2v) is 9.48. The van der Waals surface area contributed by atoms with Crippen molar-refractivity contribution >= 4 is 40.9 Å². The standard InChI is InChI=1S/C22H18F3N3O5S/c1-11-8-9-26(16-10-13(22(23,24)25)6-7-17(16)34-11)19(29)12(2)27-20(30)14-4-3-5-15(28(32)33)18(14)21(27)31/h3-7,10-12H,8-9H2,1-2H3. The van der Waals surface area contributed by atoms with E-state index in [1.807, 2.05) is 6.92 Å². The molecule has 2 heterocycles. The Hall–Kier alpha value is -3.41. The second kappa shape index (κ2) is 8.42. The summed E-state index contributed by atoms with van der Waals surface area (Å²) < 4.78 is 40.1. The molecule has 2 aliphatic rings. The molecule has 0 bridgehead atoms. The van der Waals surface area contributed by atoms with Gasteiger partial charge in [0.25, 0.3) is 17.5 Å². The smallest absolute Gasteiger partial charge is 0.309 e. The number of hydrogen-bond acceptors (Lipinski definition) is 6. The van der Waals surface area contributed by atoms with Crippen molar-refractivity contribution in [1.82, 2.24) is 4.90 Å². The van der Waals surface area contributed by atoms with Crippen molar-refractivity contribution in [3.8, 4) is 0 Å². The van der Waals surface area contributed by atoms with Gasteiger partial charge >= 0.3 is 6.18 Å². The number of rotatable bonds is 3. The number of nitro groups is 1. The van der Waals surface area contributed by atoms with E-state index < -0.39 is 51.7 Å². The maximum atomic E-state index is 13.5. The first-order valence-electron chi connectivity index (χ1n) is 10.3. The number of nitro benzene ring substituents is 1. The van der Waals surface area contributed by atoms with Crippen molar-refractivity contribution < 1.29 is 32.5 Å². The Morgan fingerprint density at radius 1 is 1.21 bits per heavy atom. The summed E-state index contributed by atoms with van der Waals surface area (Å²) in [7, 11) is 0. The van der Waals surface area contributed by atoms with Gasteiger partial charge < -0.3 is 4.90 Å². The van der Waals surface area contributed by atoms with E-state index in [2.05, 4.69) is 0 Å². The molecule has 0 saturated heterocycles. The van der Waals surface area contributed by atoms with E-state index in [9.17, 15) is 37.7 Å². The van der Waals surface area contributed by atoms with Gasteiger partial charge in [-0.05, 0) is 37.6 Å². The van der Waals surface area contributed by atoms with Gasteiger partial charge in [0.1, 0.15) is 11.6 Å². The van der Waals surface area contributed by atoms with Crippen molar-refractivity contribution in [2.75, 3.05) is 11.4 Å². The highest BCUT2D eigenvalue weighted by Crippen LogP contribution is 2.42. The maximum absolute atomic E-state index is 13.5. The zero-order valence-electron chi connectivity index (χ0n) is 18.0. The van der Waals surface area contributed by atoms with Crippen LogP contribution in [0, 0.1) is 10.1 Å². The van der Waals surface area contributed by atoms with Crippen molar-refractivity contribution in [2.45, 2.75) is 42.6 Å². The predicted octanol–water partition coefficient (Wildman–Crippen LogP) is 4.52. The van der Waals surface area contributed by atoms with Crippen LogP contribution < -0.4 is 4.90 Å². The molecule has 0 N–H and O–H groups in total. The van der Waals surface area contributed by atoms with E-state index in [-0.39, 0.29) is 23.0 Å². The maximum Gasteiger partial charge on any atom is 0.416 e. The van der Waals surface area contributed by atoms with Gasteiger partial charge in [-0.2, -0.15) is 13.2 Å². The highest BCUT2D eigenvalue weighted by atomic mass is 32.2. The third-order valence-electron chi connectivity index (χ3n) is 5.80. The molecule has 2 aromatic carbocycles. The number of imide groups is 1. The Labute approximate surface area is 195 Å². The minimum atomic E-state index is -4.63. The topological polar surface area (TPSA) is 101 Å². The summed E-state index contributed by atoms with van der Waals surface area (Å²) in [5.74, 6) is -2.62. The third-order valence-corrected chi connectivity index (χ3v) is 7.03. The first kappa shape index (κ1) is 23.7. The lowest BCUT2D eigenvalue weighted by Gasteiger charge is -2.29. The Morgan fingerprint density at radius 2 is 1.91 bits per heavy atom. The van der Waals surface area contributed by atoms with E-state index in [1.165, 1.54) is 36.9 Å². The summed E-state index contributed by atoms with van der Waals surface area (Å²) in [6.07, 6.45) is -4.16. The number of carbonyl (C=O) groups excluding carboxylic acids is 3. The average Bonchev–Trinajstić information content (AvgIpc) is 2.91. The molecule has 178 valence electrons. The lowest BCUT2D eigenvalue weighted by atomic mass is 10.1. The number of amides is 3. The Bertz CT molecular complexity index is 1230. The summed E-state index contributed by atoms with van der Waals surface area (Å²) in [4.78, 5) is 52.2. The molecule has 2 aromatic rings. The predicted molar refractivity (Wildman–Crippen MR) is 117 cm³/mol. The van der Waals surface area contributed by atoms with E-state index in [0.29, 0.717) is 16.2 Å². The molecular formula is C22H18F3N3O5S. The number of thioether (sulfide) groups is 1. The van der Waals surface area contributed by atoms with E-state index >= 15 is 0 Å². The van der Waals surface area contributed by atoms with Gasteiger partial charge in [0.15, 0.2) is 0 Å². The lowest BCUT2D eigenvalue weighted by Crippen LogP contribution is -2.50. The number of fused-ring (bicyclic) bond motifs is 2. The molecule has 3 amide bonds. The van der Waals surface area contributed by atoms with Crippen LogP contribution in [0.1, 0.15) is 46.5 Å². The van der Waals surface area contributed by atoms with E-state index in [1.54, 1.807) is 0 Å². The van der Waals surface area contributed by atoms with Crippen LogP contribution in [-0.4, -0.2) is 45.4 Å². The van der Waals surface area contributed by atoms with Gasteiger partial charge in [-0.25, -0.2) is 0 Å². The van der Waals surface area contributed by atoms with Crippen LogP contribution in [0.3, 0.4) is 0 Å². The van der Waals surface area contributed by atoms with Gasteiger partial charge in [0.05, 0.1) is 21.7 Å². The summed E-state index contributed by atoms with van der Waals surface area (Å²) in [6, 6.07) is 5.35. The molecule has 0 radical (unpaired) electrons. The molecule has 0 spiro atoms. The zero-order chi connectivity index (χ0) is 24.9. The van der Waals surface area contributed by atoms with Gasteiger partial charge in [-0.15, -0.1) is 11.8 Å². The number of hydrogen-bond donors (Lipinski definition) is 0. The van der Waals surface area contributed by atoms with Crippen molar-refractivity contribution in [3.63, 3.8) is 0 Å². The fourth-order valence-corrected chi connectivity index (χ4v) is 5.16. The normalized spacial score (nSPS) is 18.9. The highest BCUT2D eigenvalue weighted by molar-refractivity contribution is 8.00. The molecule has 0 aliphatic carbocycles. The van der Waals surface area contributed by atoms with Gasteiger partial charge in [-0.3, -0.25) is 29.4 Å². The SMILES string of the molecule is CC1CCN(C(=O)C(C)N2C(=O)c3cccc([N+](=O)[O-])c3C2=O)c2cc(C(F)(F)F)ccc2S1. The van der Waals surface area contributed by atoms with Crippen LogP contribution >= 0.6 is 11.8 Å². The number of anilines is 1. The first-order valence-corrected chi connectivity index (χ1v) is 11.1. The summed E-state index contributed by atoms with van der Waals surface area (Å²) >= 11 is 1.33. The largest absolute Gasteiger partial charge is 0.416 e. The van der Waals surface area contributed by atoms with Gasteiger partial charge in [0, 0.05) is 22.8 Å². The molecule has 0 saturated carbocycles. The van der Waals surface area contributed by atoms with Crippen LogP contribution in [0.2, 0.25) is 0 Å². The molecule has 0 aromatic heterocycles. The molecule has 2 aliphatic heterocycles. The van der Waals surface area contributed by atoms with Crippen molar-refractivity contribution in [1.29, 1.82) is 0 Å². The summed E-state index contributed by atoms with van der Waals surface area (Å²) in [6.45, 7) is 3.24. The fraction of sp³-hybridized carbons (Fsp3) is 0.318. The monoisotopic (exact) mass is 493 g/mol.